The standard InChI is InChI=1S/C14H27NO/c1-12(2)13-10-15-14(16-11-13)8-6-4-3-5-7-9-14/h12-13,15H,3-11H2,1-2H3. The van der Waals surface area contributed by atoms with Crippen LogP contribution >= 0.6 is 0 Å². The molecule has 0 aromatic carbocycles. The fourth-order valence-corrected chi connectivity index (χ4v) is 2.92. The van der Waals surface area contributed by atoms with Gasteiger partial charge in [0.05, 0.1) is 6.61 Å². The molecule has 1 unspecified atom stereocenters. The van der Waals surface area contributed by atoms with Gasteiger partial charge in [0.25, 0.3) is 0 Å². The second kappa shape index (κ2) is 5.50. The maximum Gasteiger partial charge on any atom is 0.119 e. The quantitative estimate of drug-likeness (QED) is 0.739. The van der Waals surface area contributed by atoms with E-state index in [4.69, 9.17) is 4.74 Å². The van der Waals surface area contributed by atoms with E-state index in [1.54, 1.807) is 0 Å². The molecule has 1 heterocycles. The maximum absolute atomic E-state index is 6.20. The summed E-state index contributed by atoms with van der Waals surface area (Å²) in [6.07, 6.45) is 9.31. The molecule has 1 saturated heterocycles. The van der Waals surface area contributed by atoms with Crippen LogP contribution in [0.2, 0.25) is 0 Å². The molecule has 2 heteroatoms. The average Bonchev–Trinajstić information content (AvgIpc) is 2.25. The highest BCUT2D eigenvalue weighted by molar-refractivity contribution is 4.85. The van der Waals surface area contributed by atoms with Crippen LogP contribution in [0.15, 0.2) is 0 Å². The second-order valence-electron chi connectivity index (χ2n) is 5.96. The Balaban J connectivity index is 1.88. The van der Waals surface area contributed by atoms with Crippen LogP contribution in [0.1, 0.15) is 58.8 Å². The van der Waals surface area contributed by atoms with Crippen LogP contribution in [0.25, 0.3) is 0 Å². The zero-order valence-electron chi connectivity index (χ0n) is 10.9. The number of rotatable bonds is 1. The van der Waals surface area contributed by atoms with Crippen molar-refractivity contribution in [2.24, 2.45) is 11.8 Å². The lowest BCUT2D eigenvalue weighted by Crippen LogP contribution is -2.55. The van der Waals surface area contributed by atoms with Gasteiger partial charge < -0.3 is 4.74 Å². The Bertz CT molecular complexity index is 197. The number of nitrogens with one attached hydrogen (secondary N) is 1. The molecule has 2 rings (SSSR count). The average molecular weight is 225 g/mol. The summed E-state index contributed by atoms with van der Waals surface area (Å²) in [6, 6.07) is 0. The third-order valence-corrected chi connectivity index (χ3v) is 4.36. The van der Waals surface area contributed by atoms with E-state index in [1.807, 2.05) is 0 Å². The number of hydrogen-bond donors (Lipinski definition) is 1. The van der Waals surface area contributed by atoms with Crippen LogP contribution < -0.4 is 5.32 Å². The molecule has 2 nitrogen and oxygen atoms in total. The summed E-state index contributed by atoms with van der Waals surface area (Å²) in [7, 11) is 0. The van der Waals surface area contributed by atoms with Crippen LogP contribution in [0, 0.1) is 11.8 Å². The largest absolute Gasteiger partial charge is 0.360 e. The minimum atomic E-state index is 0.0474. The molecule has 0 amide bonds. The van der Waals surface area contributed by atoms with Gasteiger partial charge in [-0.25, -0.2) is 0 Å². The zero-order valence-corrected chi connectivity index (χ0v) is 10.9. The van der Waals surface area contributed by atoms with Gasteiger partial charge in [0.1, 0.15) is 5.72 Å². The van der Waals surface area contributed by atoms with Gasteiger partial charge in [0.15, 0.2) is 0 Å². The molecule has 1 saturated carbocycles. The van der Waals surface area contributed by atoms with Crippen molar-refractivity contribution in [2.75, 3.05) is 13.2 Å². The molecule has 0 aromatic heterocycles. The van der Waals surface area contributed by atoms with Crippen LogP contribution in [0.4, 0.5) is 0 Å². The van der Waals surface area contributed by atoms with E-state index in [0.29, 0.717) is 5.92 Å². The van der Waals surface area contributed by atoms with E-state index >= 15 is 0 Å². The predicted octanol–water partition coefficient (Wildman–Crippen LogP) is 3.32. The number of ether oxygens (including phenoxy) is 1. The summed E-state index contributed by atoms with van der Waals surface area (Å²) in [5.41, 5.74) is 0.0474. The molecule has 0 radical (unpaired) electrons. The summed E-state index contributed by atoms with van der Waals surface area (Å²) in [5, 5.41) is 3.71. The Labute approximate surface area is 100 Å². The first-order valence-electron chi connectivity index (χ1n) is 7.11. The molecule has 1 N–H and O–H groups in total. The molecule has 2 aliphatic rings. The van der Waals surface area contributed by atoms with Crippen LogP contribution in [0.5, 0.6) is 0 Å². The molecule has 1 aliphatic heterocycles. The SMILES string of the molecule is CC(C)C1CNC2(CCCCCCC2)OC1. The molecule has 94 valence electrons. The topological polar surface area (TPSA) is 21.3 Å². The fourth-order valence-electron chi connectivity index (χ4n) is 2.92. The van der Waals surface area contributed by atoms with Crippen molar-refractivity contribution in [3.63, 3.8) is 0 Å². The predicted molar refractivity (Wildman–Crippen MR) is 67.3 cm³/mol. The minimum absolute atomic E-state index is 0.0474. The third-order valence-electron chi connectivity index (χ3n) is 4.36. The van der Waals surface area contributed by atoms with Gasteiger partial charge in [-0.3, -0.25) is 5.32 Å². The van der Waals surface area contributed by atoms with Crippen molar-refractivity contribution >= 4 is 0 Å². The van der Waals surface area contributed by atoms with Crippen molar-refractivity contribution < 1.29 is 4.74 Å². The first kappa shape index (κ1) is 12.4. The van der Waals surface area contributed by atoms with Crippen LogP contribution in [-0.4, -0.2) is 18.9 Å². The number of hydrogen-bond acceptors (Lipinski definition) is 2. The smallest absolute Gasteiger partial charge is 0.119 e. The van der Waals surface area contributed by atoms with Crippen molar-refractivity contribution in [1.29, 1.82) is 0 Å². The highest BCUT2D eigenvalue weighted by Gasteiger charge is 2.36. The van der Waals surface area contributed by atoms with Crippen molar-refractivity contribution in [3.8, 4) is 0 Å². The first-order chi connectivity index (χ1) is 7.72. The van der Waals surface area contributed by atoms with E-state index in [0.717, 1.165) is 19.1 Å². The van der Waals surface area contributed by atoms with Gasteiger partial charge in [0.2, 0.25) is 0 Å². The molecule has 1 aliphatic carbocycles. The summed E-state index contributed by atoms with van der Waals surface area (Å²) in [4.78, 5) is 0. The summed E-state index contributed by atoms with van der Waals surface area (Å²) >= 11 is 0. The lowest BCUT2D eigenvalue weighted by molar-refractivity contribution is -0.135. The Morgan fingerprint density at radius 1 is 1.06 bits per heavy atom. The molecule has 16 heavy (non-hydrogen) atoms. The normalized spacial score (nSPS) is 31.3. The van der Waals surface area contributed by atoms with Gasteiger partial charge in [0, 0.05) is 6.54 Å². The Morgan fingerprint density at radius 2 is 1.69 bits per heavy atom. The summed E-state index contributed by atoms with van der Waals surface area (Å²) in [6.45, 7) is 6.71. The lowest BCUT2D eigenvalue weighted by Gasteiger charge is -2.43. The maximum atomic E-state index is 6.20. The van der Waals surface area contributed by atoms with Crippen LogP contribution in [-0.2, 0) is 4.74 Å². The van der Waals surface area contributed by atoms with Crippen molar-refractivity contribution in [3.05, 3.63) is 0 Å². The fraction of sp³-hybridized carbons (Fsp3) is 1.00. The van der Waals surface area contributed by atoms with Crippen molar-refractivity contribution in [2.45, 2.75) is 64.5 Å². The Morgan fingerprint density at radius 3 is 2.19 bits per heavy atom. The molecule has 0 bridgehead atoms. The minimum Gasteiger partial charge on any atom is -0.360 e. The Kier molecular flexibility index (Phi) is 4.26. The van der Waals surface area contributed by atoms with Gasteiger partial charge in [-0.15, -0.1) is 0 Å². The third kappa shape index (κ3) is 2.98. The first-order valence-corrected chi connectivity index (χ1v) is 7.11. The van der Waals surface area contributed by atoms with E-state index in [9.17, 15) is 0 Å². The zero-order chi connectivity index (χ0) is 11.4. The molecular weight excluding hydrogens is 198 g/mol. The molecule has 1 atom stereocenters. The molecule has 2 fully saturated rings. The highest BCUT2D eigenvalue weighted by Crippen LogP contribution is 2.31. The van der Waals surface area contributed by atoms with Crippen LogP contribution in [0.3, 0.4) is 0 Å². The van der Waals surface area contributed by atoms with E-state index in [-0.39, 0.29) is 5.72 Å². The van der Waals surface area contributed by atoms with Gasteiger partial charge in [-0.1, -0.05) is 33.1 Å². The molecule has 0 aromatic rings. The molecular formula is C14H27NO. The van der Waals surface area contributed by atoms with E-state index in [2.05, 4.69) is 19.2 Å². The van der Waals surface area contributed by atoms with E-state index in [1.165, 1.54) is 44.9 Å². The van der Waals surface area contributed by atoms with Gasteiger partial charge in [-0.05, 0) is 37.5 Å². The van der Waals surface area contributed by atoms with E-state index < -0.39 is 0 Å². The summed E-state index contributed by atoms with van der Waals surface area (Å²) in [5.74, 6) is 1.44. The molecule has 1 spiro atoms. The Hall–Kier alpha value is -0.0800. The van der Waals surface area contributed by atoms with Gasteiger partial charge in [-0.2, -0.15) is 0 Å². The van der Waals surface area contributed by atoms with Gasteiger partial charge >= 0.3 is 0 Å². The summed E-state index contributed by atoms with van der Waals surface area (Å²) < 4.78 is 6.20. The van der Waals surface area contributed by atoms with Crippen molar-refractivity contribution in [1.82, 2.24) is 5.32 Å². The lowest BCUT2D eigenvalue weighted by atomic mass is 9.89. The highest BCUT2D eigenvalue weighted by atomic mass is 16.5. The monoisotopic (exact) mass is 225 g/mol. The second-order valence-corrected chi connectivity index (χ2v) is 5.96.